The van der Waals surface area contributed by atoms with Gasteiger partial charge < -0.3 is 14.5 Å². The van der Waals surface area contributed by atoms with E-state index in [1.165, 1.54) is 11.1 Å². The highest BCUT2D eigenvalue weighted by Crippen LogP contribution is 2.28. The summed E-state index contributed by atoms with van der Waals surface area (Å²) in [5.41, 5.74) is 4.34. The lowest BCUT2D eigenvalue weighted by Gasteiger charge is -2.29. The molecular weight excluding hydrogens is 340 g/mol. The average Bonchev–Trinajstić information content (AvgIpc) is 3.11. The van der Waals surface area contributed by atoms with E-state index in [-0.39, 0.29) is 18.4 Å². The zero-order valence-corrected chi connectivity index (χ0v) is 15.6. The number of anilines is 2. The topological polar surface area (TPSA) is 49.9 Å². The second-order valence-corrected chi connectivity index (χ2v) is 7.21. The summed E-state index contributed by atoms with van der Waals surface area (Å²) in [5, 5.41) is 0. The van der Waals surface area contributed by atoms with Crippen LogP contribution in [0.25, 0.3) is 0 Å². The number of aryl methyl sites for hydroxylation is 2. The summed E-state index contributed by atoms with van der Waals surface area (Å²) >= 11 is 0. The largest absolute Gasteiger partial charge is 0.484 e. The monoisotopic (exact) mass is 364 g/mol. The number of ether oxygens (including phenoxy) is 1. The minimum Gasteiger partial charge on any atom is -0.484 e. The van der Waals surface area contributed by atoms with Crippen molar-refractivity contribution in [3.63, 3.8) is 0 Å². The van der Waals surface area contributed by atoms with Crippen molar-refractivity contribution in [2.24, 2.45) is 0 Å². The first kappa shape index (κ1) is 17.6. The number of carbonyl (C=O) groups excluding carboxylic acids is 2. The van der Waals surface area contributed by atoms with E-state index in [9.17, 15) is 9.59 Å². The van der Waals surface area contributed by atoms with Gasteiger partial charge in [0.1, 0.15) is 5.75 Å². The highest BCUT2D eigenvalue weighted by Gasteiger charge is 2.23. The van der Waals surface area contributed by atoms with Gasteiger partial charge in [-0.15, -0.1) is 0 Å². The molecule has 0 saturated carbocycles. The summed E-state index contributed by atoms with van der Waals surface area (Å²) < 4.78 is 5.71. The summed E-state index contributed by atoms with van der Waals surface area (Å²) in [6, 6.07) is 13.6. The van der Waals surface area contributed by atoms with Crippen LogP contribution in [0.15, 0.2) is 42.5 Å². The molecule has 2 amide bonds. The molecule has 0 atom stereocenters. The zero-order valence-electron chi connectivity index (χ0n) is 15.6. The Hall–Kier alpha value is -2.82. The van der Waals surface area contributed by atoms with Gasteiger partial charge in [0.05, 0.1) is 0 Å². The molecule has 2 aromatic carbocycles. The van der Waals surface area contributed by atoms with Gasteiger partial charge in [-0.1, -0.05) is 17.7 Å². The molecule has 0 unspecified atom stereocenters. The Morgan fingerprint density at radius 3 is 2.56 bits per heavy atom. The minimum atomic E-state index is -0.0291. The Balaban J connectivity index is 1.39. The number of carbonyl (C=O) groups is 2. The van der Waals surface area contributed by atoms with Crippen LogP contribution in [0.4, 0.5) is 11.4 Å². The lowest BCUT2D eigenvalue weighted by Crippen LogP contribution is -2.38. The summed E-state index contributed by atoms with van der Waals surface area (Å²) in [5.74, 6) is 0.774. The highest BCUT2D eigenvalue weighted by atomic mass is 16.5. The van der Waals surface area contributed by atoms with Gasteiger partial charge in [-0.2, -0.15) is 0 Å². The van der Waals surface area contributed by atoms with E-state index >= 15 is 0 Å². The molecule has 5 heteroatoms. The van der Waals surface area contributed by atoms with Crippen LogP contribution in [0.5, 0.6) is 5.75 Å². The van der Waals surface area contributed by atoms with Crippen molar-refractivity contribution in [1.82, 2.24) is 0 Å². The van der Waals surface area contributed by atoms with Crippen LogP contribution in [0.2, 0.25) is 0 Å². The molecule has 2 aliphatic rings. The Kier molecular flexibility index (Phi) is 4.84. The van der Waals surface area contributed by atoms with Crippen molar-refractivity contribution in [2.75, 3.05) is 29.5 Å². The Morgan fingerprint density at radius 1 is 1.04 bits per heavy atom. The highest BCUT2D eigenvalue weighted by molar-refractivity contribution is 5.96. The summed E-state index contributed by atoms with van der Waals surface area (Å²) in [6.45, 7) is 3.58. The molecule has 0 radical (unpaired) electrons. The molecule has 27 heavy (non-hydrogen) atoms. The summed E-state index contributed by atoms with van der Waals surface area (Å²) in [7, 11) is 0. The average molecular weight is 364 g/mol. The van der Waals surface area contributed by atoms with Gasteiger partial charge in [0.15, 0.2) is 6.61 Å². The van der Waals surface area contributed by atoms with Crippen LogP contribution in [-0.2, 0) is 16.0 Å². The van der Waals surface area contributed by atoms with E-state index in [0.717, 1.165) is 43.7 Å². The quantitative estimate of drug-likeness (QED) is 0.835. The predicted molar refractivity (Wildman–Crippen MR) is 105 cm³/mol. The Labute approximate surface area is 159 Å². The fraction of sp³-hybridized carbons (Fsp3) is 0.364. The maximum Gasteiger partial charge on any atom is 0.264 e. The van der Waals surface area contributed by atoms with Crippen LogP contribution in [0.1, 0.15) is 30.4 Å². The van der Waals surface area contributed by atoms with Crippen LogP contribution in [0.3, 0.4) is 0 Å². The van der Waals surface area contributed by atoms with Crippen molar-refractivity contribution in [1.29, 1.82) is 0 Å². The molecule has 2 aliphatic heterocycles. The van der Waals surface area contributed by atoms with Crippen molar-refractivity contribution in [2.45, 2.75) is 32.6 Å². The predicted octanol–water partition coefficient (Wildman–Crippen LogP) is 3.48. The Bertz CT molecular complexity index is 860. The maximum absolute atomic E-state index is 12.7. The third-order valence-corrected chi connectivity index (χ3v) is 5.24. The third-order valence-electron chi connectivity index (χ3n) is 5.24. The van der Waals surface area contributed by atoms with Gasteiger partial charge in [-0.25, -0.2) is 0 Å². The van der Waals surface area contributed by atoms with Crippen molar-refractivity contribution in [3.05, 3.63) is 53.6 Å². The van der Waals surface area contributed by atoms with Gasteiger partial charge in [0, 0.05) is 30.9 Å². The van der Waals surface area contributed by atoms with Gasteiger partial charge in [0.2, 0.25) is 5.91 Å². The van der Waals surface area contributed by atoms with Crippen molar-refractivity contribution in [3.8, 4) is 5.75 Å². The molecule has 1 fully saturated rings. The minimum absolute atomic E-state index is 0.00923. The first-order valence-electron chi connectivity index (χ1n) is 9.55. The molecule has 0 aromatic heterocycles. The number of fused-ring (bicyclic) bond motifs is 1. The van der Waals surface area contributed by atoms with Gasteiger partial charge in [-0.05, 0) is 62.1 Å². The third kappa shape index (κ3) is 3.68. The molecule has 140 valence electrons. The van der Waals surface area contributed by atoms with Crippen LogP contribution in [-0.4, -0.2) is 31.5 Å². The molecule has 4 rings (SSSR count). The number of hydrogen-bond donors (Lipinski definition) is 0. The van der Waals surface area contributed by atoms with E-state index in [4.69, 9.17) is 4.74 Å². The lowest BCUT2D eigenvalue weighted by atomic mass is 9.99. The number of amides is 2. The molecule has 0 bridgehead atoms. The van der Waals surface area contributed by atoms with Gasteiger partial charge in [-0.3, -0.25) is 9.59 Å². The molecule has 0 aliphatic carbocycles. The Morgan fingerprint density at radius 2 is 1.81 bits per heavy atom. The maximum atomic E-state index is 12.7. The van der Waals surface area contributed by atoms with E-state index < -0.39 is 0 Å². The van der Waals surface area contributed by atoms with Gasteiger partial charge >= 0.3 is 0 Å². The number of hydrogen-bond acceptors (Lipinski definition) is 3. The number of rotatable bonds is 4. The second kappa shape index (κ2) is 7.43. The van der Waals surface area contributed by atoms with E-state index in [1.807, 2.05) is 41.3 Å². The fourth-order valence-electron chi connectivity index (χ4n) is 3.85. The second-order valence-electron chi connectivity index (χ2n) is 7.21. The molecule has 0 spiro atoms. The standard InChI is InChI=1S/C22H24N2O3/c1-16-6-11-20-17(14-16)4-2-13-24(20)22(26)15-27-19-9-7-18(8-10-19)23-12-3-5-21(23)25/h6-11,14H,2-5,12-13,15H2,1H3. The SMILES string of the molecule is Cc1ccc2c(c1)CCCN2C(=O)COc1ccc(N2CCCC2=O)cc1. The zero-order chi connectivity index (χ0) is 18.8. The van der Waals surface area contributed by atoms with Crippen LogP contribution in [0, 0.1) is 6.92 Å². The van der Waals surface area contributed by atoms with E-state index in [0.29, 0.717) is 12.2 Å². The smallest absolute Gasteiger partial charge is 0.264 e. The van der Waals surface area contributed by atoms with Gasteiger partial charge in [0.25, 0.3) is 5.91 Å². The van der Waals surface area contributed by atoms with Crippen molar-refractivity contribution < 1.29 is 14.3 Å². The van der Waals surface area contributed by atoms with Crippen molar-refractivity contribution >= 4 is 23.2 Å². The molecule has 0 N–H and O–H groups in total. The first-order valence-corrected chi connectivity index (χ1v) is 9.55. The molecular formula is C22H24N2O3. The molecule has 1 saturated heterocycles. The summed E-state index contributed by atoms with van der Waals surface area (Å²) in [6.07, 6.45) is 3.51. The van der Waals surface area contributed by atoms with E-state index in [2.05, 4.69) is 13.0 Å². The number of nitrogens with zero attached hydrogens (tertiary/aromatic N) is 2. The first-order chi connectivity index (χ1) is 13.1. The molecule has 5 nitrogen and oxygen atoms in total. The fourth-order valence-corrected chi connectivity index (χ4v) is 3.85. The van der Waals surface area contributed by atoms with Crippen LogP contribution >= 0.6 is 0 Å². The van der Waals surface area contributed by atoms with Crippen LogP contribution < -0.4 is 14.5 Å². The molecule has 2 heterocycles. The normalized spacial score (nSPS) is 16.4. The molecule has 2 aromatic rings. The number of benzene rings is 2. The van der Waals surface area contributed by atoms with E-state index in [1.54, 1.807) is 4.90 Å². The summed E-state index contributed by atoms with van der Waals surface area (Å²) in [4.78, 5) is 28.1. The lowest BCUT2D eigenvalue weighted by molar-refractivity contribution is -0.120.